The van der Waals surface area contributed by atoms with Crippen LogP contribution in [0.25, 0.3) is 0 Å². The van der Waals surface area contributed by atoms with Gasteiger partial charge >= 0.3 is 11.9 Å². The second-order valence-electron chi connectivity index (χ2n) is 6.92. The molecule has 0 amide bonds. The third-order valence-corrected chi connectivity index (χ3v) is 5.14. The summed E-state index contributed by atoms with van der Waals surface area (Å²) in [6, 6.07) is 7.19. The highest BCUT2D eigenvalue weighted by Gasteiger charge is 2.51. The van der Waals surface area contributed by atoms with Gasteiger partial charge in [0, 0.05) is 0 Å². The van der Waals surface area contributed by atoms with Crippen LogP contribution in [0.2, 0.25) is 0 Å². The van der Waals surface area contributed by atoms with Crippen molar-refractivity contribution in [1.82, 2.24) is 0 Å². The summed E-state index contributed by atoms with van der Waals surface area (Å²) < 4.78 is 5.65. The van der Waals surface area contributed by atoms with Crippen LogP contribution in [0.15, 0.2) is 24.3 Å². The normalized spacial score (nSPS) is 23.2. The zero-order valence-electron chi connectivity index (χ0n) is 14.7. The van der Waals surface area contributed by atoms with Gasteiger partial charge in [-0.15, -0.1) is 0 Å². The summed E-state index contributed by atoms with van der Waals surface area (Å²) in [6.45, 7) is 4.09. The second-order valence-corrected chi connectivity index (χ2v) is 6.92. The standard InChI is InChI=1S/C20H28O4/c1-3-4-5-6-13-20(19(22)23)14-7-8-17(20)24-18(21)16-11-9-15(2)10-12-16/h9-12,17H,3-8,13-14H2,1-2H3,(H,22,23). The number of rotatable bonds is 8. The summed E-state index contributed by atoms with van der Waals surface area (Å²) in [7, 11) is 0. The summed E-state index contributed by atoms with van der Waals surface area (Å²) in [4.78, 5) is 24.4. The second kappa shape index (κ2) is 8.32. The first kappa shape index (κ1) is 18.5. The van der Waals surface area contributed by atoms with Gasteiger partial charge in [-0.25, -0.2) is 4.79 Å². The van der Waals surface area contributed by atoms with Gasteiger partial charge in [0.15, 0.2) is 0 Å². The van der Waals surface area contributed by atoms with Crippen molar-refractivity contribution in [2.75, 3.05) is 0 Å². The molecule has 0 radical (unpaired) electrons. The Labute approximate surface area is 144 Å². The van der Waals surface area contributed by atoms with Gasteiger partial charge in [-0.3, -0.25) is 4.79 Å². The fourth-order valence-corrected chi connectivity index (χ4v) is 3.60. The molecule has 2 atom stereocenters. The van der Waals surface area contributed by atoms with E-state index < -0.39 is 23.5 Å². The highest BCUT2D eigenvalue weighted by Crippen LogP contribution is 2.45. The Kier molecular flexibility index (Phi) is 6.41. The monoisotopic (exact) mass is 332 g/mol. The Morgan fingerprint density at radius 3 is 2.54 bits per heavy atom. The minimum atomic E-state index is -0.909. The first-order chi connectivity index (χ1) is 11.5. The molecule has 1 aromatic rings. The van der Waals surface area contributed by atoms with Crippen LogP contribution >= 0.6 is 0 Å². The molecule has 1 saturated carbocycles. The molecule has 1 aliphatic rings. The zero-order valence-corrected chi connectivity index (χ0v) is 14.7. The predicted octanol–water partition coefficient (Wildman–Crippen LogP) is 4.75. The van der Waals surface area contributed by atoms with E-state index >= 15 is 0 Å². The van der Waals surface area contributed by atoms with Gasteiger partial charge in [0.25, 0.3) is 0 Å². The quantitative estimate of drug-likeness (QED) is 0.551. The molecule has 0 bridgehead atoms. The van der Waals surface area contributed by atoms with E-state index in [1.165, 1.54) is 0 Å². The maximum absolute atomic E-state index is 12.4. The van der Waals surface area contributed by atoms with Crippen LogP contribution in [0.1, 0.15) is 74.2 Å². The lowest BCUT2D eigenvalue weighted by molar-refractivity contribution is -0.155. The molecule has 1 aliphatic carbocycles. The predicted molar refractivity (Wildman–Crippen MR) is 93.1 cm³/mol. The van der Waals surface area contributed by atoms with Crippen molar-refractivity contribution in [3.63, 3.8) is 0 Å². The summed E-state index contributed by atoms with van der Waals surface area (Å²) in [5.74, 6) is -1.24. The first-order valence-corrected chi connectivity index (χ1v) is 9.00. The number of unbranched alkanes of at least 4 members (excludes halogenated alkanes) is 3. The minimum absolute atomic E-state index is 0.416. The highest BCUT2D eigenvalue weighted by molar-refractivity contribution is 5.90. The van der Waals surface area contributed by atoms with E-state index in [9.17, 15) is 14.7 Å². The Bertz CT molecular complexity index is 564. The summed E-state index contributed by atoms with van der Waals surface area (Å²) in [5.41, 5.74) is 0.648. The van der Waals surface area contributed by atoms with Crippen molar-refractivity contribution in [3.8, 4) is 0 Å². The van der Waals surface area contributed by atoms with Crippen molar-refractivity contribution < 1.29 is 19.4 Å². The molecule has 1 N–H and O–H groups in total. The van der Waals surface area contributed by atoms with Crippen molar-refractivity contribution >= 4 is 11.9 Å². The number of aryl methyl sites for hydroxylation is 1. The van der Waals surface area contributed by atoms with E-state index in [0.717, 1.165) is 37.7 Å². The van der Waals surface area contributed by atoms with Gasteiger partial charge in [0.05, 0.1) is 5.56 Å². The number of carbonyl (C=O) groups is 2. The zero-order chi connectivity index (χ0) is 17.6. The van der Waals surface area contributed by atoms with Crippen molar-refractivity contribution in [1.29, 1.82) is 0 Å². The summed E-state index contributed by atoms with van der Waals surface area (Å²) in [6.07, 6.45) is 6.24. The van der Waals surface area contributed by atoms with Gasteiger partial charge in [-0.05, 0) is 44.7 Å². The summed E-state index contributed by atoms with van der Waals surface area (Å²) in [5, 5.41) is 9.82. The van der Waals surface area contributed by atoms with Crippen LogP contribution in [0, 0.1) is 12.3 Å². The number of hydrogen-bond donors (Lipinski definition) is 1. The van der Waals surface area contributed by atoms with Crippen molar-refractivity contribution in [3.05, 3.63) is 35.4 Å². The molecule has 132 valence electrons. The van der Waals surface area contributed by atoms with Gasteiger partial charge in [-0.2, -0.15) is 0 Å². The lowest BCUT2D eigenvalue weighted by atomic mass is 9.79. The summed E-state index contributed by atoms with van der Waals surface area (Å²) >= 11 is 0. The van der Waals surface area contributed by atoms with Gasteiger partial charge in [0.2, 0.25) is 0 Å². The van der Waals surface area contributed by atoms with Crippen LogP contribution in [0.4, 0.5) is 0 Å². The molecule has 1 fully saturated rings. The van der Waals surface area contributed by atoms with E-state index in [2.05, 4.69) is 6.92 Å². The molecule has 0 saturated heterocycles. The lowest BCUT2D eigenvalue weighted by Crippen LogP contribution is -2.41. The number of benzene rings is 1. The molecule has 0 heterocycles. The van der Waals surface area contributed by atoms with Crippen LogP contribution in [0.5, 0.6) is 0 Å². The molecule has 2 unspecified atom stereocenters. The minimum Gasteiger partial charge on any atom is -0.481 e. The fourth-order valence-electron chi connectivity index (χ4n) is 3.60. The van der Waals surface area contributed by atoms with Crippen molar-refractivity contribution in [2.24, 2.45) is 5.41 Å². The fraction of sp³-hybridized carbons (Fsp3) is 0.600. The van der Waals surface area contributed by atoms with Gasteiger partial charge in [-0.1, -0.05) is 50.3 Å². The molecule has 1 aromatic carbocycles. The average Bonchev–Trinajstić information content (AvgIpc) is 2.96. The largest absolute Gasteiger partial charge is 0.481 e. The number of carboxylic acids is 1. The number of carbonyl (C=O) groups excluding carboxylic acids is 1. The SMILES string of the molecule is CCCCCCC1(C(=O)O)CCCC1OC(=O)c1ccc(C)cc1. The maximum Gasteiger partial charge on any atom is 0.338 e. The molecule has 0 spiro atoms. The Morgan fingerprint density at radius 2 is 1.92 bits per heavy atom. The Hall–Kier alpha value is -1.84. The molecular formula is C20H28O4. The smallest absolute Gasteiger partial charge is 0.338 e. The molecule has 0 aliphatic heterocycles. The first-order valence-electron chi connectivity index (χ1n) is 9.00. The van der Waals surface area contributed by atoms with Crippen LogP contribution < -0.4 is 0 Å². The highest BCUT2D eigenvalue weighted by atomic mass is 16.5. The van der Waals surface area contributed by atoms with E-state index in [-0.39, 0.29) is 0 Å². The molecule has 0 aromatic heterocycles. The Morgan fingerprint density at radius 1 is 1.21 bits per heavy atom. The Balaban J connectivity index is 2.06. The molecule has 2 rings (SSSR count). The van der Waals surface area contributed by atoms with E-state index in [0.29, 0.717) is 24.8 Å². The average molecular weight is 332 g/mol. The molecular weight excluding hydrogens is 304 g/mol. The molecule has 4 heteroatoms. The maximum atomic E-state index is 12.4. The van der Waals surface area contributed by atoms with E-state index in [4.69, 9.17) is 4.74 Å². The third-order valence-electron chi connectivity index (χ3n) is 5.14. The number of aliphatic carboxylic acids is 1. The van der Waals surface area contributed by atoms with Crippen molar-refractivity contribution in [2.45, 2.75) is 71.3 Å². The number of ether oxygens (including phenoxy) is 1. The van der Waals surface area contributed by atoms with E-state index in [1.54, 1.807) is 12.1 Å². The van der Waals surface area contributed by atoms with Gasteiger partial charge in [0.1, 0.15) is 11.5 Å². The van der Waals surface area contributed by atoms with E-state index in [1.807, 2.05) is 19.1 Å². The van der Waals surface area contributed by atoms with Crippen LogP contribution in [0.3, 0.4) is 0 Å². The number of esters is 1. The van der Waals surface area contributed by atoms with Gasteiger partial charge < -0.3 is 9.84 Å². The number of carboxylic acid groups (broad SMARTS) is 1. The lowest BCUT2D eigenvalue weighted by Gasteiger charge is -2.31. The topological polar surface area (TPSA) is 63.6 Å². The number of hydrogen-bond acceptors (Lipinski definition) is 3. The van der Waals surface area contributed by atoms with Crippen LogP contribution in [-0.4, -0.2) is 23.1 Å². The molecule has 4 nitrogen and oxygen atoms in total. The third kappa shape index (κ3) is 4.16. The molecule has 24 heavy (non-hydrogen) atoms. The van der Waals surface area contributed by atoms with Crippen LogP contribution in [-0.2, 0) is 9.53 Å².